The Balaban J connectivity index is 1.01. The number of fused-ring (bicyclic) bond motifs is 9. The van der Waals surface area contributed by atoms with Crippen molar-refractivity contribution >= 4 is 75.4 Å². The lowest BCUT2D eigenvalue weighted by Crippen LogP contribution is -1.88. The lowest BCUT2D eigenvalue weighted by Gasteiger charge is -2.15. The van der Waals surface area contributed by atoms with Crippen LogP contribution in [-0.4, -0.2) is 0 Å². The Bertz CT molecular complexity index is 3220. The molecule has 0 heterocycles. The van der Waals surface area contributed by atoms with E-state index in [1.54, 1.807) is 0 Å². The molecule has 52 heavy (non-hydrogen) atoms. The molecule has 0 spiro atoms. The van der Waals surface area contributed by atoms with Crippen LogP contribution in [0.5, 0.6) is 0 Å². The normalized spacial score (nSPS) is 11.8. The van der Waals surface area contributed by atoms with Gasteiger partial charge in [-0.15, -0.1) is 0 Å². The van der Waals surface area contributed by atoms with Crippen molar-refractivity contribution in [1.82, 2.24) is 0 Å². The zero-order chi connectivity index (χ0) is 34.2. The molecule has 240 valence electrons. The molecule has 0 heteroatoms. The van der Waals surface area contributed by atoms with Crippen molar-refractivity contribution in [1.29, 1.82) is 0 Å². The Morgan fingerprint density at radius 2 is 0.558 bits per heavy atom. The molecule has 0 N–H and O–H groups in total. The van der Waals surface area contributed by atoms with Crippen LogP contribution in [0.25, 0.3) is 109 Å². The van der Waals surface area contributed by atoms with Crippen molar-refractivity contribution in [3.63, 3.8) is 0 Å². The second-order valence-electron chi connectivity index (χ2n) is 14.1. The first-order valence-electron chi connectivity index (χ1n) is 18.1. The van der Waals surface area contributed by atoms with Gasteiger partial charge in [-0.2, -0.15) is 0 Å². The molecule has 0 fully saturated rings. The van der Waals surface area contributed by atoms with E-state index in [9.17, 15) is 0 Å². The van der Waals surface area contributed by atoms with E-state index in [0.29, 0.717) is 0 Å². The Morgan fingerprint density at radius 1 is 0.173 bits per heavy atom. The second kappa shape index (κ2) is 11.4. The van der Waals surface area contributed by atoms with Gasteiger partial charge >= 0.3 is 0 Å². The maximum absolute atomic E-state index is 2.37. The zero-order valence-corrected chi connectivity index (χ0v) is 28.5. The highest BCUT2D eigenvalue weighted by Crippen LogP contribution is 2.42. The summed E-state index contributed by atoms with van der Waals surface area (Å²) in [7, 11) is 0. The van der Waals surface area contributed by atoms with Crippen LogP contribution in [0.4, 0.5) is 0 Å². The Kier molecular flexibility index (Phi) is 6.35. The van der Waals surface area contributed by atoms with E-state index in [1.807, 2.05) is 0 Å². The Hall–Kier alpha value is -6.76. The van der Waals surface area contributed by atoms with Gasteiger partial charge in [-0.25, -0.2) is 0 Å². The van der Waals surface area contributed by atoms with Gasteiger partial charge in [-0.05, 0) is 133 Å². The first kappa shape index (κ1) is 29.0. The standard InChI is InChI=1S/C52H32/c1-5-13-43-34(9-1)25-27-47-49(43)31-40-11-3-7-15-45(40)51(47)36-19-17-33(18-20-36)37-21-22-39-30-42(24-23-38(39)29-37)52-46-16-8-4-12-41(46)32-50-44-14-6-2-10-35(44)26-28-48(50)52/h1-32H. The number of benzene rings is 11. The lowest BCUT2D eigenvalue weighted by atomic mass is 9.88. The highest BCUT2D eigenvalue weighted by molar-refractivity contribution is 6.21. The predicted octanol–water partition coefficient (Wildman–Crippen LogP) is 14.8. The third kappa shape index (κ3) is 4.48. The van der Waals surface area contributed by atoms with Crippen LogP contribution >= 0.6 is 0 Å². The van der Waals surface area contributed by atoms with Gasteiger partial charge in [0.05, 0.1) is 0 Å². The molecule has 0 bridgehead atoms. The van der Waals surface area contributed by atoms with Crippen LogP contribution in [0.2, 0.25) is 0 Å². The third-order valence-electron chi connectivity index (χ3n) is 11.2. The molecular weight excluding hydrogens is 625 g/mol. The predicted molar refractivity (Wildman–Crippen MR) is 225 cm³/mol. The summed E-state index contributed by atoms with van der Waals surface area (Å²) in [4.78, 5) is 0. The van der Waals surface area contributed by atoms with Crippen LogP contribution < -0.4 is 0 Å². The quantitative estimate of drug-likeness (QED) is 0.131. The molecule has 0 unspecified atom stereocenters. The average molecular weight is 657 g/mol. The summed E-state index contributed by atoms with van der Waals surface area (Å²) in [6.45, 7) is 0. The maximum atomic E-state index is 2.37. The summed E-state index contributed by atoms with van der Waals surface area (Å²) >= 11 is 0. The maximum Gasteiger partial charge on any atom is -0.00264 e. The van der Waals surface area contributed by atoms with Gasteiger partial charge in [0.1, 0.15) is 0 Å². The van der Waals surface area contributed by atoms with Crippen molar-refractivity contribution < 1.29 is 0 Å². The summed E-state index contributed by atoms with van der Waals surface area (Å²) in [6, 6.07) is 71.9. The van der Waals surface area contributed by atoms with Crippen molar-refractivity contribution in [2.75, 3.05) is 0 Å². The Labute approximate surface area is 301 Å². The zero-order valence-electron chi connectivity index (χ0n) is 28.5. The van der Waals surface area contributed by atoms with Gasteiger partial charge in [-0.1, -0.05) is 170 Å². The molecule has 11 aromatic carbocycles. The van der Waals surface area contributed by atoms with E-state index in [-0.39, 0.29) is 0 Å². The molecule has 0 aliphatic carbocycles. The summed E-state index contributed by atoms with van der Waals surface area (Å²) in [6.07, 6.45) is 0. The fraction of sp³-hybridized carbons (Fsp3) is 0. The number of hydrogen-bond acceptors (Lipinski definition) is 0. The monoisotopic (exact) mass is 656 g/mol. The first-order chi connectivity index (χ1) is 25.8. The fourth-order valence-electron chi connectivity index (χ4n) is 8.67. The molecule has 0 aliphatic rings. The highest BCUT2D eigenvalue weighted by Gasteiger charge is 2.15. The highest BCUT2D eigenvalue weighted by atomic mass is 14.2. The van der Waals surface area contributed by atoms with Crippen LogP contribution in [0.1, 0.15) is 0 Å². The van der Waals surface area contributed by atoms with Crippen molar-refractivity contribution in [2.24, 2.45) is 0 Å². The van der Waals surface area contributed by atoms with Gasteiger partial charge in [-0.3, -0.25) is 0 Å². The van der Waals surface area contributed by atoms with Gasteiger partial charge < -0.3 is 0 Å². The molecule has 0 aromatic heterocycles. The average Bonchev–Trinajstić information content (AvgIpc) is 3.21. The van der Waals surface area contributed by atoms with Crippen molar-refractivity contribution in [3.8, 4) is 33.4 Å². The third-order valence-corrected chi connectivity index (χ3v) is 11.2. The van der Waals surface area contributed by atoms with Crippen molar-refractivity contribution in [2.45, 2.75) is 0 Å². The van der Waals surface area contributed by atoms with E-state index < -0.39 is 0 Å². The molecule has 0 radical (unpaired) electrons. The minimum atomic E-state index is 1.22. The molecule has 0 nitrogen and oxygen atoms in total. The van der Waals surface area contributed by atoms with Crippen LogP contribution in [0.15, 0.2) is 194 Å². The van der Waals surface area contributed by atoms with Gasteiger partial charge in [0.25, 0.3) is 0 Å². The number of hydrogen-bond donors (Lipinski definition) is 0. The van der Waals surface area contributed by atoms with E-state index >= 15 is 0 Å². The SMILES string of the molecule is c1ccc2c(-c3ccc(-c4ccc5cc(-c6c7ccccc7cc7c6ccc6ccccc67)ccc5c4)cc3)c3ccc4ccccc4c3cc2c1. The van der Waals surface area contributed by atoms with E-state index in [0.717, 1.165) is 0 Å². The molecule has 0 amide bonds. The molecule has 11 rings (SSSR count). The van der Waals surface area contributed by atoms with E-state index in [4.69, 9.17) is 0 Å². The molecule has 0 saturated carbocycles. The minimum Gasteiger partial charge on any atom is -0.0616 e. The molecule has 0 saturated heterocycles. The molecule has 0 aliphatic heterocycles. The smallest absolute Gasteiger partial charge is 0.00264 e. The summed E-state index contributed by atoms with van der Waals surface area (Å²) in [5.41, 5.74) is 7.53. The van der Waals surface area contributed by atoms with E-state index in [1.165, 1.54) is 109 Å². The van der Waals surface area contributed by atoms with Gasteiger partial charge in [0.2, 0.25) is 0 Å². The molecule has 0 atom stereocenters. The van der Waals surface area contributed by atoms with Crippen molar-refractivity contribution in [3.05, 3.63) is 194 Å². The summed E-state index contributed by atoms with van der Waals surface area (Å²) in [5, 5.41) is 17.9. The summed E-state index contributed by atoms with van der Waals surface area (Å²) < 4.78 is 0. The topological polar surface area (TPSA) is 0 Å². The molecule has 11 aromatic rings. The summed E-state index contributed by atoms with van der Waals surface area (Å²) in [5.74, 6) is 0. The van der Waals surface area contributed by atoms with Crippen LogP contribution in [0, 0.1) is 0 Å². The second-order valence-corrected chi connectivity index (χ2v) is 14.1. The van der Waals surface area contributed by atoms with Crippen LogP contribution in [-0.2, 0) is 0 Å². The van der Waals surface area contributed by atoms with Gasteiger partial charge in [0, 0.05) is 0 Å². The minimum absolute atomic E-state index is 1.22. The molecular formula is C52H32. The Morgan fingerprint density at radius 3 is 1.12 bits per heavy atom. The largest absolute Gasteiger partial charge is 0.0616 e. The first-order valence-corrected chi connectivity index (χ1v) is 18.1. The van der Waals surface area contributed by atoms with Gasteiger partial charge in [0.15, 0.2) is 0 Å². The fourth-order valence-corrected chi connectivity index (χ4v) is 8.67. The van der Waals surface area contributed by atoms with Crippen LogP contribution in [0.3, 0.4) is 0 Å². The van der Waals surface area contributed by atoms with E-state index in [2.05, 4.69) is 194 Å². The lowest BCUT2D eigenvalue weighted by molar-refractivity contribution is 1.63. The number of rotatable bonds is 3.